The van der Waals surface area contributed by atoms with Crippen LogP contribution in [-0.2, 0) is 17.8 Å². The predicted molar refractivity (Wildman–Crippen MR) is 157 cm³/mol. The SMILES string of the molecule is CCOc1ccc(CCN2C(=O)/C(=C\c3ccc(OC)c(Cn4nc(C)c(Cl)c4C)c3)NC2=S)cc1OCC. The van der Waals surface area contributed by atoms with Gasteiger partial charge in [0.2, 0.25) is 0 Å². The molecule has 2 heterocycles. The molecule has 1 N–H and O–H groups in total. The molecule has 1 aliphatic heterocycles. The first kappa shape index (κ1) is 28.4. The molecule has 0 unspecified atom stereocenters. The molecule has 10 heteroatoms. The lowest BCUT2D eigenvalue weighted by atomic mass is 10.1. The summed E-state index contributed by atoms with van der Waals surface area (Å²) in [6, 6.07) is 11.6. The van der Waals surface area contributed by atoms with Gasteiger partial charge in [0.05, 0.1) is 43.3 Å². The van der Waals surface area contributed by atoms with E-state index in [-0.39, 0.29) is 5.91 Å². The second kappa shape index (κ2) is 12.5. The summed E-state index contributed by atoms with van der Waals surface area (Å²) in [4.78, 5) is 14.8. The third-order valence-corrected chi connectivity index (χ3v) is 7.29. The Morgan fingerprint density at radius 2 is 1.77 bits per heavy atom. The molecule has 1 fully saturated rings. The number of carbonyl (C=O) groups is 1. The number of nitrogens with one attached hydrogen (secondary N) is 1. The highest BCUT2D eigenvalue weighted by Gasteiger charge is 2.30. The van der Waals surface area contributed by atoms with Crippen LogP contribution in [0.15, 0.2) is 42.1 Å². The van der Waals surface area contributed by atoms with Crippen molar-refractivity contribution in [2.24, 2.45) is 0 Å². The van der Waals surface area contributed by atoms with Crippen LogP contribution in [0, 0.1) is 13.8 Å². The van der Waals surface area contributed by atoms with E-state index in [1.807, 2.05) is 68.8 Å². The smallest absolute Gasteiger partial charge is 0.276 e. The number of halogens is 1. The van der Waals surface area contributed by atoms with E-state index in [4.69, 9.17) is 38.0 Å². The number of hydrogen-bond donors (Lipinski definition) is 1. The zero-order valence-electron chi connectivity index (χ0n) is 22.8. The minimum atomic E-state index is -0.168. The average molecular weight is 569 g/mol. The Bertz CT molecular complexity index is 1420. The Morgan fingerprint density at radius 1 is 1.05 bits per heavy atom. The van der Waals surface area contributed by atoms with E-state index in [1.54, 1.807) is 18.1 Å². The summed E-state index contributed by atoms with van der Waals surface area (Å²) in [7, 11) is 1.63. The van der Waals surface area contributed by atoms with E-state index in [1.165, 1.54) is 0 Å². The average Bonchev–Trinajstić information content (AvgIpc) is 3.32. The van der Waals surface area contributed by atoms with Crippen LogP contribution in [0.25, 0.3) is 6.08 Å². The van der Waals surface area contributed by atoms with Gasteiger partial charge in [-0.1, -0.05) is 23.7 Å². The molecular weight excluding hydrogens is 536 g/mol. The molecule has 0 aliphatic carbocycles. The van der Waals surface area contributed by atoms with Crippen molar-refractivity contribution in [3.8, 4) is 17.2 Å². The number of ether oxygens (including phenoxy) is 3. The van der Waals surface area contributed by atoms with Crippen molar-refractivity contribution in [2.45, 2.75) is 40.7 Å². The van der Waals surface area contributed by atoms with Crippen molar-refractivity contribution in [3.63, 3.8) is 0 Å². The van der Waals surface area contributed by atoms with Gasteiger partial charge in [0.15, 0.2) is 16.6 Å². The molecule has 4 rings (SSSR count). The quantitative estimate of drug-likeness (QED) is 0.248. The molecule has 1 aliphatic rings. The molecule has 1 amide bonds. The van der Waals surface area contributed by atoms with E-state index < -0.39 is 0 Å². The maximum atomic E-state index is 13.2. The highest BCUT2D eigenvalue weighted by atomic mass is 35.5. The first-order chi connectivity index (χ1) is 18.7. The summed E-state index contributed by atoms with van der Waals surface area (Å²) in [5, 5.41) is 8.64. The third kappa shape index (κ3) is 6.37. The fraction of sp³-hybridized carbons (Fsp3) is 0.345. The van der Waals surface area contributed by atoms with Gasteiger partial charge in [-0.25, -0.2) is 0 Å². The number of thiocarbonyl (C=S) groups is 1. The molecule has 1 saturated heterocycles. The molecule has 3 aromatic rings. The number of benzene rings is 2. The normalized spacial score (nSPS) is 14.2. The van der Waals surface area contributed by atoms with Crippen molar-refractivity contribution in [3.05, 3.63) is 75.2 Å². The van der Waals surface area contributed by atoms with Crippen molar-refractivity contribution >= 4 is 40.9 Å². The highest BCUT2D eigenvalue weighted by molar-refractivity contribution is 7.80. The summed E-state index contributed by atoms with van der Waals surface area (Å²) in [6.45, 7) is 9.70. The van der Waals surface area contributed by atoms with Gasteiger partial charge >= 0.3 is 0 Å². The van der Waals surface area contributed by atoms with Gasteiger partial charge in [0.1, 0.15) is 11.4 Å². The number of nitrogens with zero attached hydrogens (tertiary/aromatic N) is 3. The summed E-state index contributed by atoms with van der Waals surface area (Å²) >= 11 is 11.8. The van der Waals surface area contributed by atoms with Gasteiger partial charge in [-0.05, 0) is 87.8 Å². The summed E-state index contributed by atoms with van der Waals surface area (Å²) < 4.78 is 18.8. The molecule has 0 bridgehead atoms. The van der Waals surface area contributed by atoms with E-state index in [0.717, 1.165) is 33.8 Å². The van der Waals surface area contributed by atoms with Crippen molar-refractivity contribution < 1.29 is 19.0 Å². The number of hydrogen-bond acceptors (Lipinski definition) is 6. The van der Waals surface area contributed by atoms with Crippen LogP contribution in [0.2, 0.25) is 5.02 Å². The first-order valence-corrected chi connectivity index (χ1v) is 13.6. The molecular formula is C29H33ClN4O4S. The van der Waals surface area contributed by atoms with E-state index in [2.05, 4.69) is 10.4 Å². The van der Waals surface area contributed by atoms with Crippen LogP contribution in [0.5, 0.6) is 17.2 Å². The number of carbonyl (C=O) groups excluding carboxylic acids is 1. The number of methoxy groups -OCH3 is 1. The molecule has 1 aromatic heterocycles. The molecule has 2 aromatic carbocycles. The zero-order valence-corrected chi connectivity index (χ0v) is 24.4. The van der Waals surface area contributed by atoms with Gasteiger partial charge < -0.3 is 19.5 Å². The maximum Gasteiger partial charge on any atom is 0.276 e. The lowest BCUT2D eigenvalue weighted by Crippen LogP contribution is -2.32. The van der Waals surface area contributed by atoms with E-state index in [9.17, 15) is 4.79 Å². The molecule has 0 radical (unpaired) electrons. The largest absolute Gasteiger partial charge is 0.496 e. The predicted octanol–water partition coefficient (Wildman–Crippen LogP) is 5.31. The van der Waals surface area contributed by atoms with Gasteiger partial charge in [-0.2, -0.15) is 5.10 Å². The standard InChI is InChI=1S/C29H33ClN4O4S/c1-6-37-25-11-8-20(16-26(25)38-7-2)12-13-33-28(35)23(31-29(33)39)15-21-9-10-24(36-5)22(14-21)17-34-19(4)27(30)18(3)32-34/h8-11,14-16H,6-7,12-13,17H2,1-5H3,(H,31,39)/b23-15+. The Labute approximate surface area is 239 Å². The molecule has 0 atom stereocenters. The van der Waals surface area contributed by atoms with Crippen LogP contribution < -0.4 is 19.5 Å². The Balaban J connectivity index is 1.50. The van der Waals surface area contributed by atoms with Crippen LogP contribution in [0.1, 0.15) is 41.9 Å². The lowest BCUT2D eigenvalue weighted by molar-refractivity contribution is -0.122. The van der Waals surface area contributed by atoms with Crippen molar-refractivity contribution in [2.75, 3.05) is 26.9 Å². The fourth-order valence-electron chi connectivity index (χ4n) is 4.44. The maximum absolute atomic E-state index is 13.2. The number of amides is 1. The lowest BCUT2D eigenvalue weighted by Gasteiger charge is -2.16. The monoisotopic (exact) mass is 568 g/mol. The van der Waals surface area contributed by atoms with E-state index in [0.29, 0.717) is 60.1 Å². The van der Waals surface area contributed by atoms with Crippen LogP contribution in [-0.4, -0.2) is 52.6 Å². The van der Waals surface area contributed by atoms with Gasteiger partial charge in [0.25, 0.3) is 5.91 Å². The van der Waals surface area contributed by atoms with Crippen LogP contribution in [0.3, 0.4) is 0 Å². The molecule has 0 spiro atoms. The highest BCUT2D eigenvalue weighted by Crippen LogP contribution is 2.29. The Morgan fingerprint density at radius 3 is 2.44 bits per heavy atom. The summed E-state index contributed by atoms with van der Waals surface area (Å²) in [5.41, 5.74) is 4.87. The zero-order chi connectivity index (χ0) is 28.1. The Hall–Kier alpha value is -3.56. The molecule has 39 heavy (non-hydrogen) atoms. The topological polar surface area (TPSA) is 77.8 Å². The summed E-state index contributed by atoms with van der Waals surface area (Å²) in [5.74, 6) is 1.97. The van der Waals surface area contributed by atoms with Crippen molar-refractivity contribution in [1.82, 2.24) is 20.0 Å². The van der Waals surface area contributed by atoms with Gasteiger partial charge in [0, 0.05) is 12.1 Å². The second-order valence-corrected chi connectivity index (χ2v) is 9.82. The number of rotatable bonds is 11. The van der Waals surface area contributed by atoms with E-state index >= 15 is 0 Å². The molecule has 8 nitrogen and oxygen atoms in total. The van der Waals surface area contributed by atoms with Crippen LogP contribution >= 0.6 is 23.8 Å². The minimum Gasteiger partial charge on any atom is -0.496 e. The summed E-state index contributed by atoms with van der Waals surface area (Å²) in [6.07, 6.45) is 2.42. The number of aryl methyl sites for hydroxylation is 1. The van der Waals surface area contributed by atoms with Crippen LogP contribution in [0.4, 0.5) is 0 Å². The fourth-order valence-corrected chi connectivity index (χ4v) is 4.86. The number of aromatic nitrogens is 2. The second-order valence-electron chi connectivity index (χ2n) is 9.06. The minimum absolute atomic E-state index is 0.168. The molecule has 0 saturated carbocycles. The Kier molecular flexibility index (Phi) is 9.14. The third-order valence-electron chi connectivity index (χ3n) is 6.42. The van der Waals surface area contributed by atoms with Crippen molar-refractivity contribution in [1.29, 1.82) is 0 Å². The van der Waals surface area contributed by atoms with Gasteiger partial charge in [-0.3, -0.25) is 14.4 Å². The first-order valence-electron chi connectivity index (χ1n) is 12.8. The van der Waals surface area contributed by atoms with Gasteiger partial charge in [-0.15, -0.1) is 0 Å². The molecule has 206 valence electrons.